The van der Waals surface area contributed by atoms with Gasteiger partial charge in [0.2, 0.25) is 10.0 Å². The van der Waals surface area contributed by atoms with E-state index >= 15 is 0 Å². The number of aliphatic hydroxyl groups is 1. The Morgan fingerprint density at radius 2 is 1.95 bits per heavy atom. The summed E-state index contributed by atoms with van der Waals surface area (Å²) in [6, 6.07) is 8.06. The van der Waals surface area contributed by atoms with Crippen molar-refractivity contribution in [2.45, 2.75) is 24.5 Å². The highest BCUT2D eigenvalue weighted by Crippen LogP contribution is 2.20. The standard InChI is InChI=1S/C14H17ClN2O3S/c1-10(11-3-5-12(15)6-4-11)16-21(19,20)14-7-13(9-18)17(2)8-14/h3-8,10,16,18H,9H2,1-2H3. The van der Waals surface area contributed by atoms with E-state index in [0.29, 0.717) is 10.7 Å². The zero-order valence-electron chi connectivity index (χ0n) is 11.7. The molecule has 1 atom stereocenters. The number of hydrogen-bond donors (Lipinski definition) is 2. The van der Waals surface area contributed by atoms with Crippen molar-refractivity contribution in [3.63, 3.8) is 0 Å². The molecule has 0 saturated carbocycles. The zero-order chi connectivity index (χ0) is 15.6. The summed E-state index contributed by atoms with van der Waals surface area (Å²) >= 11 is 5.82. The molecule has 21 heavy (non-hydrogen) atoms. The monoisotopic (exact) mass is 328 g/mol. The van der Waals surface area contributed by atoms with Gasteiger partial charge in [-0.2, -0.15) is 0 Å². The number of rotatable bonds is 5. The lowest BCUT2D eigenvalue weighted by atomic mass is 10.1. The Balaban J connectivity index is 2.22. The lowest BCUT2D eigenvalue weighted by molar-refractivity contribution is 0.272. The average Bonchev–Trinajstić information content (AvgIpc) is 2.81. The van der Waals surface area contributed by atoms with Crippen molar-refractivity contribution in [3.05, 3.63) is 52.8 Å². The van der Waals surface area contributed by atoms with Crippen LogP contribution in [0.25, 0.3) is 0 Å². The third-order valence-corrected chi connectivity index (χ3v) is 5.02. The van der Waals surface area contributed by atoms with E-state index < -0.39 is 10.0 Å². The number of nitrogens with one attached hydrogen (secondary N) is 1. The molecule has 0 amide bonds. The molecule has 114 valence electrons. The molecule has 0 saturated heterocycles. The van der Waals surface area contributed by atoms with Crippen molar-refractivity contribution < 1.29 is 13.5 Å². The van der Waals surface area contributed by atoms with Crippen molar-refractivity contribution in [2.24, 2.45) is 7.05 Å². The SMILES string of the molecule is CC(NS(=O)(=O)c1cc(CO)n(C)c1)c1ccc(Cl)cc1. The Bertz CT molecular complexity index is 723. The van der Waals surface area contributed by atoms with E-state index in [-0.39, 0.29) is 17.5 Å². The molecular weight excluding hydrogens is 312 g/mol. The number of aryl methyl sites for hydroxylation is 1. The Morgan fingerprint density at radius 3 is 2.48 bits per heavy atom. The van der Waals surface area contributed by atoms with Gasteiger partial charge in [-0.25, -0.2) is 13.1 Å². The molecule has 1 aromatic carbocycles. The van der Waals surface area contributed by atoms with E-state index in [2.05, 4.69) is 4.72 Å². The number of benzene rings is 1. The number of halogens is 1. The van der Waals surface area contributed by atoms with Crippen molar-refractivity contribution in [2.75, 3.05) is 0 Å². The van der Waals surface area contributed by atoms with E-state index in [9.17, 15) is 8.42 Å². The van der Waals surface area contributed by atoms with Gasteiger partial charge in [-0.15, -0.1) is 0 Å². The summed E-state index contributed by atoms with van der Waals surface area (Å²) in [6.45, 7) is 1.55. The van der Waals surface area contributed by atoms with Crippen LogP contribution in [0.15, 0.2) is 41.4 Å². The first kappa shape index (κ1) is 16.0. The number of nitrogens with zero attached hydrogens (tertiary/aromatic N) is 1. The summed E-state index contributed by atoms with van der Waals surface area (Å²) in [5, 5.41) is 9.74. The molecule has 0 aliphatic rings. The van der Waals surface area contributed by atoms with E-state index in [1.807, 2.05) is 0 Å². The molecule has 1 unspecified atom stereocenters. The first-order valence-corrected chi connectivity index (χ1v) is 8.23. The largest absolute Gasteiger partial charge is 0.390 e. The average molecular weight is 329 g/mol. The van der Waals surface area contributed by atoms with Crippen LogP contribution in [-0.4, -0.2) is 18.1 Å². The summed E-state index contributed by atoms with van der Waals surface area (Å²) in [7, 11) is -1.96. The fourth-order valence-corrected chi connectivity index (χ4v) is 3.45. The lowest BCUT2D eigenvalue weighted by Gasteiger charge is -2.14. The van der Waals surface area contributed by atoms with Crippen LogP contribution in [0.3, 0.4) is 0 Å². The molecule has 2 N–H and O–H groups in total. The van der Waals surface area contributed by atoms with Crippen LogP contribution in [0.5, 0.6) is 0 Å². The van der Waals surface area contributed by atoms with Gasteiger partial charge in [-0.1, -0.05) is 23.7 Å². The molecule has 0 fully saturated rings. The van der Waals surface area contributed by atoms with Crippen LogP contribution >= 0.6 is 11.6 Å². The molecule has 2 rings (SSSR count). The number of hydrogen-bond acceptors (Lipinski definition) is 3. The highest BCUT2D eigenvalue weighted by atomic mass is 35.5. The molecule has 7 heteroatoms. The second-order valence-corrected chi connectivity index (χ2v) is 6.98. The zero-order valence-corrected chi connectivity index (χ0v) is 13.3. The van der Waals surface area contributed by atoms with Gasteiger partial charge < -0.3 is 9.67 Å². The number of sulfonamides is 1. The van der Waals surface area contributed by atoms with E-state index in [1.165, 1.54) is 12.3 Å². The predicted octanol–water partition coefficient (Wildman–Crippen LogP) is 2.21. The summed E-state index contributed by atoms with van der Waals surface area (Å²) in [5.41, 5.74) is 1.36. The third kappa shape index (κ3) is 3.65. The van der Waals surface area contributed by atoms with Crippen molar-refractivity contribution in [1.82, 2.24) is 9.29 Å². The van der Waals surface area contributed by atoms with Crippen LogP contribution < -0.4 is 4.72 Å². The van der Waals surface area contributed by atoms with Crippen LogP contribution in [0.2, 0.25) is 5.02 Å². The predicted molar refractivity (Wildman–Crippen MR) is 81.5 cm³/mol. The number of aliphatic hydroxyl groups excluding tert-OH is 1. The normalized spacial score (nSPS) is 13.3. The van der Waals surface area contributed by atoms with Crippen LogP contribution in [-0.2, 0) is 23.7 Å². The second kappa shape index (κ2) is 6.19. The summed E-state index contributed by atoms with van der Waals surface area (Å²) < 4.78 is 28.9. The molecule has 0 aliphatic heterocycles. The van der Waals surface area contributed by atoms with E-state index in [1.54, 1.807) is 42.8 Å². The summed E-state index contributed by atoms with van der Waals surface area (Å²) in [4.78, 5) is 0.134. The smallest absolute Gasteiger partial charge is 0.242 e. The maximum Gasteiger partial charge on any atom is 0.242 e. The highest BCUT2D eigenvalue weighted by Gasteiger charge is 2.20. The van der Waals surface area contributed by atoms with E-state index in [4.69, 9.17) is 16.7 Å². The van der Waals surface area contributed by atoms with Gasteiger partial charge in [0, 0.05) is 30.0 Å². The molecule has 0 bridgehead atoms. The lowest BCUT2D eigenvalue weighted by Crippen LogP contribution is -2.26. The van der Waals surface area contributed by atoms with Crippen molar-refractivity contribution in [3.8, 4) is 0 Å². The van der Waals surface area contributed by atoms with Gasteiger partial charge in [0.05, 0.1) is 11.5 Å². The Kier molecular flexibility index (Phi) is 4.73. The summed E-state index contributed by atoms with van der Waals surface area (Å²) in [6.07, 6.45) is 1.47. The van der Waals surface area contributed by atoms with E-state index in [0.717, 1.165) is 5.56 Å². The minimum atomic E-state index is -3.64. The maximum atomic E-state index is 12.3. The second-order valence-electron chi connectivity index (χ2n) is 4.83. The van der Waals surface area contributed by atoms with Crippen LogP contribution in [0, 0.1) is 0 Å². The minimum Gasteiger partial charge on any atom is -0.390 e. The van der Waals surface area contributed by atoms with Crippen molar-refractivity contribution in [1.29, 1.82) is 0 Å². The van der Waals surface area contributed by atoms with Crippen molar-refractivity contribution >= 4 is 21.6 Å². The van der Waals surface area contributed by atoms with Gasteiger partial charge in [-0.05, 0) is 30.7 Å². The first-order valence-electron chi connectivity index (χ1n) is 6.37. The molecule has 2 aromatic rings. The number of aromatic nitrogens is 1. The minimum absolute atomic E-state index is 0.134. The van der Waals surface area contributed by atoms with Crippen LogP contribution in [0.1, 0.15) is 24.2 Å². The highest BCUT2D eigenvalue weighted by molar-refractivity contribution is 7.89. The van der Waals surface area contributed by atoms with Gasteiger partial charge in [0.25, 0.3) is 0 Å². The molecule has 1 heterocycles. The van der Waals surface area contributed by atoms with Gasteiger partial charge in [0.1, 0.15) is 0 Å². The van der Waals surface area contributed by atoms with Gasteiger partial charge in [0.15, 0.2) is 0 Å². The summed E-state index contributed by atoms with van der Waals surface area (Å²) in [5.74, 6) is 0. The molecular formula is C14H17ClN2O3S. The van der Waals surface area contributed by atoms with Gasteiger partial charge >= 0.3 is 0 Å². The maximum absolute atomic E-state index is 12.3. The Labute approximate surface area is 129 Å². The molecule has 0 spiro atoms. The fraction of sp³-hybridized carbons (Fsp3) is 0.286. The fourth-order valence-electron chi connectivity index (χ4n) is 2.00. The quantitative estimate of drug-likeness (QED) is 0.884. The topological polar surface area (TPSA) is 71.3 Å². The molecule has 0 radical (unpaired) electrons. The molecule has 0 aliphatic carbocycles. The third-order valence-electron chi connectivity index (χ3n) is 3.26. The van der Waals surface area contributed by atoms with Crippen LogP contribution in [0.4, 0.5) is 0 Å². The first-order chi connectivity index (χ1) is 9.83. The van der Waals surface area contributed by atoms with Gasteiger partial charge in [-0.3, -0.25) is 0 Å². The molecule has 5 nitrogen and oxygen atoms in total. The molecule has 1 aromatic heterocycles. The Hall–Kier alpha value is -1.34. The Morgan fingerprint density at radius 1 is 1.33 bits per heavy atom.